The summed E-state index contributed by atoms with van der Waals surface area (Å²) in [6.45, 7) is 3.76. The van der Waals surface area contributed by atoms with Crippen LogP contribution in [0.3, 0.4) is 0 Å². The lowest BCUT2D eigenvalue weighted by Gasteiger charge is -2.26. The summed E-state index contributed by atoms with van der Waals surface area (Å²) in [7, 11) is 1.87. The van der Waals surface area contributed by atoms with Gasteiger partial charge in [0.2, 0.25) is 0 Å². The van der Waals surface area contributed by atoms with E-state index in [4.69, 9.17) is 0 Å². The summed E-state index contributed by atoms with van der Waals surface area (Å²) >= 11 is 0. The molecule has 1 aliphatic heterocycles. The number of aromatic nitrogens is 6. The standard InChI is InChI=1S/C16H21N9/c1-11-6-15(25-16(23-11)21-10-22-25)18-8-12-4-3-5-24(12)14-7-13(17-2)19-9-20-14/h6-7,9-10,12,18H,3-5,8H2,1-2H3,(H,17,19,20). The zero-order chi connectivity index (χ0) is 17.2. The van der Waals surface area contributed by atoms with Gasteiger partial charge in [-0.25, -0.2) is 15.0 Å². The lowest BCUT2D eigenvalue weighted by atomic mass is 10.2. The highest BCUT2D eigenvalue weighted by Gasteiger charge is 2.26. The van der Waals surface area contributed by atoms with Gasteiger partial charge < -0.3 is 15.5 Å². The molecule has 9 nitrogen and oxygen atoms in total. The maximum absolute atomic E-state index is 4.44. The highest BCUT2D eigenvalue weighted by Crippen LogP contribution is 2.25. The second-order valence-electron chi connectivity index (χ2n) is 6.14. The monoisotopic (exact) mass is 339 g/mol. The molecule has 0 radical (unpaired) electrons. The van der Waals surface area contributed by atoms with Gasteiger partial charge in [-0.05, 0) is 19.8 Å². The third kappa shape index (κ3) is 3.04. The second-order valence-corrected chi connectivity index (χ2v) is 6.14. The number of anilines is 3. The molecule has 130 valence electrons. The summed E-state index contributed by atoms with van der Waals surface area (Å²) in [6.07, 6.45) is 5.40. The normalized spacial score (nSPS) is 17.2. The molecule has 1 saturated heterocycles. The van der Waals surface area contributed by atoms with Crippen molar-refractivity contribution in [2.75, 3.05) is 35.7 Å². The molecule has 0 saturated carbocycles. The van der Waals surface area contributed by atoms with E-state index in [1.165, 1.54) is 6.33 Å². The Balaban J connectivity index is 1.52. The largest absolute Gasteiger partial charge is 0.373 e. The Morgan fingerprint density at radius 2 is 2.12 bits per heavy atom. The number of hydrogen-bond donors (Lipinski definition) is 2. The van der Waals surface area contributed by atoms with Gasteiger partial charge >= 0.3 is 0 Å². The minimum absolute atomic E-state index is 0.367. The van der Waals surface area contributed by atoms with Gasteiger partial charge in [0, 0.05) is 44.0 Å². The minimum Gasteiger partial charge on any atom is -0.373 e. The van der Waals surface area contributed by atoms with Crippen molar-refractivity contribution in [1.29, 1.82) is 0 Å². The first-order valence-corrected chi connectivity index (χ1v) is 8.42. The van der Waals surface area contributed by atoms with Gasteiger partial charge in [0.25, 0.3) is 5.78 Å². The lowest BCUT2D eigenvalue weighted by Crippen LogP contribution is -2.35. The molecule has 0 bridgehead atoms. The first kappa shape index (κ1) is 15.6. The average molecular weight is 339 g/mol. The van der Waals surface area contributed by atoms with Crippen LogP contribution in [0.4, 0.5) is 17.5 Å². The van der Waals surface area contributed by atoms with Crippen molar-refractivity contribution in [1.82, 2.24) is 29.5 Å². The van der Waals surface area contributed by atoms with E-state index in [0.717, 1.165) is 49.1 Å². The zero-order valence-corrected chi connectivity index (χ0v) is 14.3. The molecule has 1 fully saturated rings. The number of nitrogens with zero attached hydrogens (tertiary/aromatic N) is 7. The van der Waals surface area contributed by atoms with Crippen LogP contribution in [-0.4, -0.2) is 55.7 Å². The highest BCUT2D eigenvalue weighted by molar-refractivity contribution is 5.50. The summed E-state index contributed by atoms with van der Waals surface area (Å²) in [5.41, 5.74) is 0.917. The molecule has 3 aromatic rings. The van der Waals surface area contributed by atoms with Crippen LogP contribution in [-0.2, 0) is 0 Å². The minimum atomic E-state index is 0.367. The summed E-state index contributed by atoms with van der Waals surface area (Å²) in [5.74, 6) is 3.31. The number of rotatable bonds is 5. The molecular formula is C16H21N9. The molecule has 1 atom stereocenters. The van der Waals surface area contributed by atoms with Crippen molar-refractivity contribution in [2.24, 2.45) is 0 Å². The molecular weight excluding hydrogens is 318 g/mol. The first-order chi connectivity index (χ1) is 12.2. The van der Waals surface area contributed by atoms with E-state index in [0.29, 0.717) is 11.8 Å². The number of hydrogen-bond acceptors (Lipinski definition) is 8. The highest BCUT2D eigenvalue weighted by atomic mass is 15.4. The predicted octanol–water partition coefficient (Wildman–Crippen LogP) is 1.35. The van der Waals surface area contributed by atoms with E-state index in [1.54, 1.807) is 10.8 Å². The Hall–Kier alpha value is -2.97. The van der Waals surface area contributed by atoms with Crippen molar-refractivity contribution in [3.05, 3.63) is 30.5 Å². The molecule has 25 heavy (non-hydrogen) atoms. The van der Waals surface area contributed by atoms with E-state index in [1.807, 2.05) is 26.1 Å². The number of fused-ring (bicyclic) bond motifs is 1. The zero-order valence-electron chi connectivity index (χ0n) is 14.3. The third-order valence-electron chi connectivity index (χ3n) is 4.48. The van der Waals surface area contributed by atoms with Crippen LogP contribution in [0.5, 0.6) is 0 Å². The summed E-state index contributed by atoms with van der Waals surface area (Å²) < 4.78 is 1.73. The van der Waals surface area contributed by atoms with E-state index >= 15 is 0 Å². The molecule has 0 aliphatic carbocycles. The fourth-order valence-electron chi connectivity index (χ4n) is 3.27. The summed E-state index contributed by atoms with van der Waals surface area (Å²) in [5, 5.41) is 10.8. The smallest absolute Gasteiger partial charge is 0.254 e. The van der Waals surface area contributed by atoms with E-state index in [-0.39, 0.29) is 0 Å². The maximum atomic E-state index is 4.44. The Labute approximate surface area is 145 Å². The van der Waals surface area contributed by atoms with Crippen LogP contribution in [0, 0.1) is 6.92 Å². The van der Waals surface area contributed by atoms with Gasteiger partial charge in [0.15, 0.2) is 0 Å². The molecule has 4 heterocycles. The quantitative estimate of drug-likeness (QED) is 0.719. The van der Waals surface area contributed by atoms with Crippen molar-refractivity contribution >= 4 is 23.2 Å². The molecule has 9 heteroatoms. The second kappa shape index (κ2) is 6.50. The van der Waals surface area contributed by atoms with Crippen LogP contribution in [0.1, 0.15) is 18.5 Å². The summed E-state index contributed by atoms with van der Waals surface area (Å²) in [6, 6.07) is 4.35. The van der Waals surface area contributed by atoms with Gasteiger partial charge in [-0.15, -0.1) is 0 Å². The Morgan fingerprint density at radius 3 is 3.00 bits per heavy atom. The lowest BCUT2D eigenvalue weighted by molar-refractivity contribution is 0.686. The topological polar surface area (TPSA) is 96.2 Å². The van der Waals surface area contributed by atoms with Gasteiger partial charge in [0.1, 0.15) is 30.1 Å². The molecule has 0 spiro atoms. The molecule has 0 amide bonds. The van der Waals surface area contributed by atoms with Gasteiger partial charge in [0.05, 0.1) is 0 Å². The fraction of sp³-hybridized carbons (Fsp3) is 0.438. The van der Waals surface area contributed by atoms with Crippen LogP contribution >= 0.6 is 0 Å². The Kier molecular flexibility index (Phi) is 4.04. The molecule has 0 aromatic carbocycles. The van der Waals surface area contributed by atoms with Crippen LogP contribution in [0.2, 0.25) is 0 Å². The van der Waals surface area contributed by atoms with E-state index < -0.39 is 0 Å². The van der Waals surface area contributed by atoms with Crippen molar-refractivity contribution in [2.45, 2.75) is 25.8 Å². The van der Waals surface area contributed by atoms with Crippen molar-refractivity contribution < 1.29 is 0 Å². The molecule has 4 rings (SSSR count). The van der Waals surface area contributed by atoms with Crippen molar-refractivity contribution in [3.63, 3.8) is 0 Å². The number of nitrogens with one attached hydrogen (secondary N) is 2. The Morgan fingerprint density at radius 1 is 1.20 bits per heavy atom. The van der Waals surface area contributed by atoms with Gasteiger partial charge in [-0.3, -0.25) is 0 Å². The third-order valence-corrected chi connectivity index (χ3v) is 4.48. The van der Waals surface area contributed by atoms with Crippen LogP contribution in [0.15, 0.2) is 24.8 Å². The van der Waals surface area contributed by atoms with Gasteiger partial charge in [-0.2, -0.15) is 14.6 Å². The first-order valence-electron chi connectivity index (χ1n) is 8.42. The van der Waals surface area contributed by atoms with Crippen LogP contribution < -0.4 is 15.5 Å². The summed E-state index contributed by atoms with van der Waals surface area (Å²) in [4.78, 5) is 19.5. The predicted molar refractivity (Wildman–Crippen MR) is 96.0 cm³/mol. The maximum Gasteiger partial charge on any atom is 0.254 e. The molecule has 1 unspecified atom stereocenters. The average Bonchev–Trinajstić information content (AvgIpc) is 3.28. The van der Waals surface area contributed by atoms with Crippen molar-refractivity contribution in [3.8, 4) is 0 Å². The van der Waals surface area contributed by atoms with E-state index in [2.05, 4.69) is 40.6 Å². The van der Waals surface area contributed by atoms with E-state index in [9.17, 15) is 0 Å². The van der Waals surface area contributed by atoms with Gasteiger partial charge in [-0.1, -0.05) is 0 Å². The fourth-order valence-corrected chi connectivity index (χ4v) is 3.27. The molecule has 1 aliphatic rings. The molecule has 3 aromatic heterocycles. The van der Waals surface area contributed by atoms with Crippen LogP contribution in [0.25, 0.3) is 5.78 Å². The SMILES string of the molecule is CNc1cc(N2CCCC2CNc2cc(C)nc3ncnn23)ncn1. The number of aryl methyl sites for hydroxylation is 1. The Bertz CT molecular complexity index is 875. The molecule has 2 N–H and O–H groups in total.